The van der Waals surface area contributed by atoms with Gasteiger partial charge in [-0.3, -0.25) is 4.98 Å². The Morgan fingerprint density at radius 1 is 1.12 bits per heavy atom. The fraction of sp³-hybridized carbons (Fsp3) is 0.400. The lowest BCUT2D eigenvalue weighted by Crippen LogP contribution is -2.25. The standard InChI is InChI=1S/C11H11N.2C2H6/c1-9-4-2-3-5-10-8-12-7-6-11(9)10;2*1-2/h2,4-8H,3H2,1H3;2*1-2H3. The van der Waals surface area contributed by atoms with Gasteiger partial charge in [-0.2, -0.15) is 0 Å². The van der Waals surface area contributed by atoms with Crippen LogP contribution < -0.4 is 10.4 Å². The van der Waals surface area contributed by atoms with E-state index in [9.17, 15) is 0 Å². The number of rotatable bonds is 0. The number of aromatic nitrogens is 1. The number of hydrogen-bond acceptors (Lipinski definition) is 1. The second kappa shape index (κ2) is 8.90. The van der Waals surface area contributed by atoms with Crippen molar-refractivity contribution >= 4 is 11.6 Å². The fourth-order valence-corrected chi connectivity index (χ4v) is 1.46. The molecule has 0 radical (unpaired) electrons. The van der Waals surface area contributed by atoms with Gasteiger partial charge in [0.1, 0.15) is 0 Å². The van der Waals surface area contributed by atoms with Crippen molar-refractivity contribution in [1.29, 1.82) is 0 Å². The van der Waals surface area contributed by atoms with Crippen LogP contribution in [0.3, 0.4) is 0 Å². The van der Waals surface area contributed by atoms with Gasteiger partial charge in [0.15, 0.2) is 0 Å². The Hall–Kier alpha value is -1.37. The second-order valence-electron chi connectivity index (χ2n) is 2.99. The molecule has 1 aliphatic rings. The molecule has 1 aromatic heterocycles. The van der Waals surface area contributed by atoms with Gasteiger partial charge in [-0.05, 0) is 35.4 Å². The number of fused-ring (bicyclic) bond motifs is 1. The van der Waals surface area contributed by atoms with Gasteiger partial charge in [0.05, 0.1) is 0 Å². The summed E-state index contributed by atoms with van der Waals surface area (Å²) in [6.07, 6.45) is 11.3. The van der Waals surface area contributed by atoms with E-state index in [-0.39, 0.29) is 0 Å². The minimum Gasteiger partial charge on any atom is -0.264 e. The summed E-state index contributed by atoms with van der Waals surface area (Å²) < 4.78 is 0. The number of hydrogen-bond donors (Lipinski definition) is 0. The van der Waals surface area contributed by atoms with Crippen molar-refractivity contribution < 1.29 is 0 Å². The molecule has 2 rings (SSSR count). The van der Waals surface area contributed by atoms with Crippen LogP contribution in [0.1, 0.15) is 41.0 Å². The molecule has 0 amide bonds. The van der Waals surface area contributed by atoms with Crippen molar-refractivity contribution in [2.75, 3.05) is 0 Å². The lowest BCUT2D eigenvalue weighted by molar-refractivity contribution is 1.26. The van der Waals surface area contributed by atoms with Crippen molar-refractivity contribution in [3.63, 3.8) is 0 Å². The van der Waals surface area contributed by atoms with Gasteiger partial charge >= 0.3 is 0 Å². The molecule has 1 heterocycles. The Labute approximate surface area is 99.2 Å². The molecule has 1 nitrogen and oxygen atoms in total. The van der Waals surface area contributed by atoms with Crippen molar-refractivity contribution in [3.8, 4) is 0 Å². The Morgan fingerprint density at radius 2 is 1.81 bits per heavy atom. The molecule has 0 saturated carbocycles. The average Bonchev–Trinajstić information content (AvgIpc) is 2.57. The van der Waals surface area contributed by atoms with Crippen LogP contribution in [0.25, 0.3) is 11.6 Å². The molecule has 0 aliphatic heterocycles. The SMILES string of the molecule is CC.CC.CC1=c2ccncc2=CCC=C1. The van der Waals surface area contributed by atoms with Crippen LogP contribution in [-0.4, -0.2) is 4.98 Å². The van der Waals surface area contributed by atoms with Crippen LogP contribution in [0, 0.1) is 0 Å². The van der Waals surface area contributed by atoms with E-state index in [1.165, 1.54) is 16.0 Å². The van der Waals surface area contributed by atoms with Gasteiger partial charge in [0, 0.05) is 12.4 Å². The summed E-state index contributed by atoms with van der Waals surface area (Å²) in [6.45, 7) is 10.1. The summed E-state index contributed by atoms with van der Waals surface area (Å²) in [5.74, 6) is 0. The van der Waals surface area contributed by atoms with Crippen LogP contribution in [0.5, 0.6) is 0 Å². The maximum absolute atomic E-state index is 4.10. The summed E-state index contributed by atoms with van der Waals surface area (Å²) in [5.41, 5.74) is 1.32. The maximum atomic E-state index is 4.10. The first-order chi connectivity index (χ1) is 7.88. The minimum atomic E-state index is 1.01. The third-order valence-corrected chi connectivity index (χ3v) is 2.12. The lowest BCUT2D eigenvalue weighted by atomic mass is 10.2. The first-order valence-corrected chi connectivity index (χ1v) is 6.15. The van der Waals surface area contributed by atoms with E-state index >= 15 is 0 Å². The second-order valence-corrected chi connectivity index (χ2v) is 2.99. The minimum absolute atomic E-state index is 1.01. The van der Waals surface area contributed by atoms with Crippen LogP contribution in [0.4, 0.5) is 0 Å². The topological polar surface area (TPSA) is 12.9 Å². The van der Waals surface area contributed by atoms with Crippen LogP contribution in [-0.2, 0) is 0 Å². The molecule has 0 spiro atoms. The van der Waals surface area contributed by atoms with E-state index in [0.717, 1.165) is 6.42 Å². The molecule has 1 heteroatoms. The molecule has 0 N–H and O–H groups in total. The smallest absolute Gasteiger partial charge is 0.0343 e. The molecular formula is C15H23N. The van der Waals surface area contributed by atoms with E-state index in [2.05, 4.69) is 36.2 Å². The Balaban J connectivity index is 0.000000509. The monoisotopic (exact) mass is 217 g/mol. The summed E-state index contributed by atoms with van der Waals surface area (Å²) in [7, 11) is 0. The van der Waals surface area contributed by atoms with Crippen molar-refractivity contribution in [2.24, 2.45) is 0 Å². The fourth-order valence-electron chi connectivity index (χ4n) is 1.46. The molecule has 0 unspecified atom stereocenters. The van der Waals surface area contributed by atoms with E-state index in [4.69, 9.17) is 0 Å². The third-order valence-electron chi connectivity index (χ3n) is 2.12. The molecule has 16 heavy (non-hydrogen) atoms. The highest BCUT2D eigenvalue weighted by molar-refractivity contribution is 5.56. The zero-order valence-electron chi connectivity index (χ0n) is 11.1. The highest BCUT2D eigenvalue weighted by atomic mass is 14.6. The number of allylic oxidation sites excluding steroid dienone is 2. The van der Waals surface area contributed by atoms with Crippen LogP contribution in [0.2, 0.25) is 0 Å². The van der Waals surface area contributed by atoms with E-state index in [0.29, 0.717) is 0 Å². The zero-order chi connectivity index (χ0) is 12.4. The Bertz CT molecular complexity index is 427. The highest BCUT2D eigenvalue weighted by Gasteiger charge is 1.91. The molecule has 1 aromatic rings. The Kier molecular flexibility index (Phi) is 8.14. The Morgan fingerprint density at radius 3 is 2.50 bits per heavy atom. The zero-order valence-corrected chi connectivity index (χ0v) is 11.1. The van der Waals surface area contributed by atoms with E-state index in [1.54, 1.807) is 0 Å². The predicted molar refractivity (Wildman–Crippen MR) is 73.5 cm³/mol. The molecular weight excluding hydrogens is 194 g/mol. The molecule has 0 fully saturated rings. The molecule has 1 aliphatic carbocycles. The maximum Gasteiger partial charge on any atom is 0.0343 e. The largest absolute Gasteiger partial charge is 0.264 e. The number of pyridine rings is 1. The van der Waals surface area contributed by atoms with E-state index in [1.807, 2.05) is 40.1 Å². The lowest BCUT2D eigenvalue weighted by Gasteiger charge is -1.90. The molecule has 0 saturated heterocycles. The summed E-state index contributed by atoms with van der Waals surface area (Å²) in [5, 5.41) is 2.55. The van der Waals surface area contributed by atoms with Crippen molar-refractivity contribution in [3.05, 3.63) is 41.0 Å². The highest BCUT2D eigenvalue weighted by Crippen LogP contribution is 1.96. The first kappa shape index (κ1) is 14.6. The average molecular weight is 217 g/mol. The van der Waals surface area contributed by atoms with Crippen LogP contribution in [0.15, 0.2) is 30.6 Å². The summed E-state index contributed by atoms with van der Waals surface area (Å²) in [6, 6.07) is 2.07. The van der Waals surface area contributed by atoms with Gasteiger partial charge in [0.2, 0.25) is 0 Å². The van der Waals surface area contributed by atoms with E-state index < -0.39 is 0 Å². The normalized spacial score (nSPS) is 11.9. The molecule has 88 valence electrons. The van der Waals surface area contributed by atoms with Gasteiger partial charge < -0.3 is 0 Å². The predicted octanol–water partition coefficient (Wildman–Crippen LogP) is 3.05. The van der Waals surface area contributed by atoms with Gasteiger partial charge in [-0.1, -0.05) is 45.9 Å². The van der Waals surface area contributed by atoms with Gasteiger partial charge in [-0.15, -0.1) is 0 Å². The molecule has 0 atom stereocenters. The van der Waals surface area contributed by atoms with Gasteiger partial charge in [-0.25, -0.2) is 0 Å². The first-order valence-electron chi connectivity index (χ1n) is 6.15. The summed E-state index contributed by atoms with van der Waals surface area (Å²) in [4.78, 5) is 4.10. The quantitative estimate of drug-likeness (QED) is 0.651. The third kappa shape index (κ3) is 4.01. The summed E-state index contributed by atoms with van der Waals surface area (Å²) >= 11 is 0. The number of nitrogens with zero attached hydrogens (tertiary/aromatic N) is 1. The van der Waals surface area contributed by atoms with Crippen molar-refractivity contribution in [2.45, 2.75) is 41.0 Å². The van der Waals surface area contributed by atoms with Crippen LogP contribution >= 0.6 is 0 Å². The van der Waals surface area contributed by atoms with Gasteiger partial charge in [0.25, 0.3) is 0 Å². The molecule has 0 bridgehead atoms. The molecule has 0 aromatic carbocycles. The van der Waals surface area contributed by atoms with Crippen molar-refractivity contribution in [1.82, 2.24) is 4.98 Å².